The lowest BCUT2D eigenvalue weighted by Crippen LogP contribution is -2.34. The summed E-state index contributed by atoms with van der Waals surface area (Å²) >= 11 is 0. The highest BCUT2D eigenvalue weighted by Gasteiger charge is 2.36. The number of alkyl halides is 3. The zero-order valence-electron chi connectivity index (χ0n) is 22.7. The standard InChI is InChI=1S/C27H23F4N5O2.C2H6/c1-26(2,3)25(37)32-13-15-10-11-20-23(21(15)28)36(20)35-19-9-5-8-18-22(19)33-14-34-24(18)38-17-7-4-6-16(12-17)27(29,30)31;1-2/h4-12,14,35H,13H2,1-3H3,(H,32,37);1-2H3. The fourth-order valence-electron chi connectivity index (χ4n) is 3.84. The zero-order chi connectivity index (χ0) is 29.2. The normalized spacial score (nSPS) is 12.3. The van der Waals surface area contributed by atoms with Crippen molar-refractivity contribution in [3.8, 4) is 11.6 Å². The van der Waals surface area contributed by atoms with E-state index in [1.165, 1.54) is 18.5 Å². The molecule has 5 rings (SSSR count). The molecule has 210 valence electrons. The van der Waals surface area contributed by atoms with Crippen molar-refractivity contribution >= 4 is 33.9 Å². The van der Waals surface area contributed by atoms with Crippen molar-refractivity contribution in [3.63, 3.8) is 0 Å². The van der Waals surface area contributed by atoms with Gasteiger partial charge in [0.2, 0.25) is 11.8 Å². The van der Waals surface area contributed by atoms with Crippen molar-refractivity contribution in [2.75, 3.05) is 10.4 Å². The highest BCUT2D eigenvalue weighted by atomic mass is 19.4. The minimum absolute atomic E-state index is 0.0234. The molecule has 11 heteroatoms. The molecule has 2 N–H and O–H groups in total. The van der Waals surface area contributed by atoms with E-state index in [1.807, 2.05) is 13.8 Å². The largest absolute Gasteiger partial charge is 0.438 e. The fraction of sp³-hybridized carbons (Fsp3) is 0.276. The first-order valence-corrected chi connectivity index (χ1v) is 12.7. The summed E-state index contributed by atoms with van der Waals surface area (Å²) in [6.07, 6.45) is -3.27. The number of nitrogens with one attached hydrogen (secondary N) is 2. The van der Waals surface area contributed by atoms with E-state index in [0.29, 0.717) is 33.5 Å². The van der Waals surface area contributed by atoms with E-state index in [-0.39, 0.29) is 24.1 Å². The summed E-state index contributed by atoms with van der Waals surface area (Å²) in [5.74, 6) is -0.586. The van der Waals surface area contributed by atoms with Crippen molar-refractivity contribution in [2.24, 2.45) is 5.41 Å². The SMILES string of the molecule is CC.CC(C)(C)C(=O)NCc1ccc2c(c1F)N2Nc1cccc2c(Oc3cccc(C(F)(F)F)c3)ncnc12. The lowest BCUT2D eigenvalue weighted by Gasteiger charge is -2.17. The highest BCUT2D eigenvalue weighted by molar-refractivity contribution is 6.00. The van der Waals surface area contributed by atoms with Gasteiger partial charge in [-0.3, -0.25) is 10.2 Å². The molecule has 7 nitrogen and oxygen atoms in total. The van der Waals surface area contributed by atoms with Crippen LogP contribution < -0.4 is 20.5 Å². The predicted octanol–water partition coefficient (Wildman–Crippen LogP) is 7.75. The maximum absolute atomic E-state index is 15.1. The summed E-state index contributed by atoms with van der Waals surface area (Å²) in [7, 11) is 0. The molecule has 0 unspecified atom stereocenters. The molecule has 1 amide bonds. The second-order valence-electron chi connectivity index (χ2n) is 9.79. The summed E-state index contributed by atoms with van der Waals surface area (Å²) in [6, 6.07) is 13.0. The molecule has 3 aromatic carbocycles. The Labute approximate surface area is 229 Å². The van der Waals surface area contributed by atoms with Crippen LogP contribution in [0.25, 0.3) is 10.9 Å². The monoisotopic (exact) mass is 555 g/mol. The van der Waals surface area contributed by atoms with Gasteiger partial charge in [0.1, 0.15) is 23.3 Å². The predicted molar refractivity (Wildman–Crippen MR) is 146 cm³/mol. The van der Waals surface area contributed by atoms with E-state index in [9.17, 15) is 18.0 Å². The number of anilines is 3. The molecule has 1 aliphatic rings. The van der Waals surface area contributed by atoms with E-state index >= 15 is 4.39 Å². The van der Waals surface area contributed by atoms with Gasteiger partial charge in [0.05, 0.1) is 22.3 Å². The van der Waals surface area contributed by atoms with Crippen LogP contribution in [0.4, 0.5) is 34.6 Å². The maximum Gasteiger partial charge on any atom is 0.416 e. The van der Waals surface area contributed by atoms with Crippen LogP contribution in [0.3, 0.4) is 0 Å². The molecule has 0 saturated heterocycles. The van der Waals surface area contributed by atoms with Crippen LogP contribution in [-0.2, 0) is 17.5 Å². The number of para-hydroxylation sites is 1. The molecule has 0 atom stereocenters. The summed E-state index contributed by atoms with van der Waals surface area (Å²) in [5.41, 5.74) is 3.95. The molecule has 1 aromatic heterocycles. The summed E-state index contributed by atoms with van der Waals surface area (Å²) in [4.78, 5) is 20.5. The number of nitrogens with zero attached hydrogens (tertiary/aromatic N) is 3. The molecular formula is C29H29F4N5O2. The van der Waals surface area contributed by atoms with Crippen LogP contribution in [-0.4, -0.2) is 15.9 Å². The van der Waals surface area contributed by atoms with E-state index in [1.54, 1.807) is 56.1 Å². The number of rotatable bonds is 6. The first-order valence-electron chi connectivity index (χ1n) is 12.7. The molecule has 4 aromatic rings. The highest BCUT2D eigenvalue weighted by Crippen LogP contribution is 2.50. The molecule has 0 aliphatic carbocycles. The lowest BCUT2D eigenvalue weighted by molar-refractivity contribution is -0.137. The number of hydrazine groups is 1. The average Bonchev–Trinajstić information content (AvgIpc) is 3.62. The van der Waals surface area contributed by atoms with Gasteiger partial charge in [-0.05, 0) is 36.4 Å². The molecule has 1 aliphatic heterocycles. The number of benzene rings is 3. The third-order valence-electron chi connectivity index (χ3n) is 5.95. The molecule has 2 heterocycles. The lowest BCUT2D eigenvalue weighted by atomic mass is 9.95. The number of carbonyl (C=O) groups is 1. The van der Waals surface area contributed by atoms with Crippen LogP contribution in [0.5, 0.6) is 11.6 Å². The number of hydrogen-bond acceptors (Lipinski definition) is 6. The Balaban J connectivity index is 0.00000181. The van der Waals surface area contributed by atoms with Gasteiger partial charge >= 0.3 is 6.18 Å². The average molecular weight is 556 g/mol. The van der Waals surface area contributed by atoms with Gasteiger partial charge in [0.25, 0.3) is 0 Å². The van der Waals surface area contributed by atoms with Crippen LogP contribution >= 0.6 is 0 Å². The Morgan fingerprint density at radius 3 is 2.42 bits per heavy atom. The van der Waals surface area contributed by atoms with Crippen molar-refractivity contribution in [2.45, 2.75) is 47.3 Å². The van der Waals surface area contributed by atoms with Crippen LogP contribution in [0.1, 0.15) is 45.7 Å². The number of hydrogen-bond donors (Lipinski definition) is 2. The van der Waals surface area contributed by atoms with Gasteiger partial charge in [-0.1, -0.05) is 52.8 Å². The number of halogens is 4. The number of aromatic nitrogens is 2. The molecule has 0 spiro atoms. The Hall–Kier alpha value is -4.41. The van der Waals surface area contributed by atoms with Crippen molar-refractivity contribution in [1.29, 1.82) is 0 Å². The Morgan fingerprint density at radius 2 is 1.73 bits per heavy atom. The summed E-state index contributed by atoms with van der Waals surface area (Å²) in [5, 5.41) is 4.75. The zero-order valence-corrected chi connectivity index (χ0v) is 22.7. The van der Waals surface area contributed by atoms with Gasteiger partial charge < -0.3 is 10.1 Å². The molecule has 0 bridgehead atoms. The van der Waals surface area contributed by atoms with Crippen molar-refractivity contribution in [3.05, 3.63) is 77.9 Å². The first-order chi connectivity index (χ1) is 18.9. The van der Waals surface area contributed by atoms with Crippen molar-refractivity contribution in [1.82, 2.24) is 15.3 Å². The van der Waals surface area contributed by atoms with Crippen LogP contribution in [0.2, 0.25) is 0 Å². The van der Waals surface area contributed by atoms with Gasteiger partial charge in [-0.15, -0.1) is 0 Å². The van der Waals surface area contributed by atoms with Gasteiger partial charge in [0, 0.05) is 17.5 Å². The number of carbonyl (C=O) groups excluding carboxylic acids is 1. The second kappa shape index (κ2) is 11.0. The van der Waals surface area contributed by atoms with E-state index in [4.69, 9.17) is 4.74 Å². The summed E-state index contributed by atoms with van der Waals surface area (Å²) < 4.78 is 60.1. The molecule has 0 fully saturated rings. The van der Waals surface area contributed by atoms with Gasteiger partial charge in [0.15, 0.2) is 5.82 Å². The smallest absolute Gasteiger partial charge is 0.416 e. The fourth-order valence-corrected chi connectivity index (χ4v) is 3.84. The molecule has 0 radical (unpaired) electrons. The minimum atomic E-state index is -4.51. The first kappa shape index (κ1) is 28.6. The van der Waals surface area contributed by atoms with Gasteiger partial charge in [-0.2, -0.15) is 13.2 Å². The molecule has 40 heavy (non-hydrogen) atoms. The molecule has 0 saturated carbocycles. The Kier molecular flexibility index (Phi) is 7.86. The topological polar surface area (TPSA) is 79.2 Å². The third-order valence-corrected chi connectivity index (χ3v) is 5.95. The van der Waals surface area contributed by atoms with E-state index in [2.05, 4.69) is 20.7 Å². The maximum atomic E-state index is 15.1. The molecular weight excluding hydrogens is 526 g/mol. The van der Waals surface area contributed by atoms with E-state index in [0.717, 1.165) is 12.1 Å². The van der Waals surface area contributed by atoms with Crippen LogP contribution in [0, 0.1) is 11.2 Å². The minimum Gasteiger partial charge on any atom is -0.438 e. The number of amides is 1. The van der Waals surface area contributed by atoms with Gasteiger partial charge in [-0.25, -0.2) is 19.4 Å². The van der Waals surface area contributed by atoms with Crippen molar-refractivity contribution < 1.29 is 27.1 Å². The van der Waals surface area contributed by atoms with Crippen LogP contribution in [0.15, 0.2) is 60.9 Å². The second-order valence-corrected chi connectivity index (χ2v) is 9.79. The number of fused-ring (bicyclic) bond motifs is 2. The quantitative estimate of drug-likeness (QED) is 0.187. The third kappa shape index (κ3) is 5.93. The van der Waals surface area contributed by atoms with E-state index < -0.39 is 23.0 Å². The Bertz CT molecular complexity index is 1550. The number of ether oxygens (including phenoxy) is 1. The summed E-state index contributed by atoms with van der Waals surface area (Å²) in [6.45, 7) is 9.39. The Morgan fingerprint density at radius 1 is 1.00 bits per heavy atom.